The molecule has 3 aliphatic rings. The van der Waals surface area contributed by atoms with Crippen molar-refractivity contribution < 1.29 is 9.47 Å². The number of hydrogen-bond donors (Lipinski definition) is 1. The molecule has 0 radical (unpaired) electrons. The first kappa shape index (κ1) is 11.9. The summed E-state index contributed by atoms with van der Waals surface area (Å²) in [5, 5.41) is 3.54. The molecule has 0 amide bonds. The van der Waals surface area contributed by atoms with Gasteiger partial charge >= 0.3 is 0 Å². The number of nitrogens with one attached hydrogen (secondary N) is 1. The summed E-state index contributed by atoms with van der Waals surface area (Å²) in [6.45, 7) is 7.36. The van der Waals surface area contributed by atoms with Crippen LogP contribution < -0.4 is 5.32 Å². The fraction of sp³-hybridized carbons (Fsp3) is 1.00. The van der Waals surface area contributed by atoms with E-state index < -0.39 is 0 Å². The van der Waals surface area contributed by atoms with Crippen LogP contribution in [-0.2, 0) is 9.47 Å². The van der Waals surface area contributed by atoms with Crippen LogP contribution in [0.25, 0.3) is 0 Å². The monoisotopic (exact) mass is 240 g/mol. The second kappa shape index (κ2) is 5.22. The second-order valence-corrected chi connectivity index (χ2v) is 5.72. The van der Waals surface area contributed by atoms with Gasteiger partial charge in [0, 0.05) is 31.7 Å². The van der Waals surface area contributed by atoms with Crippen LogP contribution in [0.2, 0.25) is 0 Å². The zero-order valence-electron chi connectivity index (χ0n) is 10.7. The Labute approximate surface area is 104 Å². The molecule has 1 N–H and O–H groups in total. The van der Waals surface area contributed by atoms with E-state index in [4.69, 9.17) is 9.47 Å². The highest BCUT2D eigenvalue weighted by atomic mass is 16.5. The van der Waals surface area contributed by atoms with Crippen molar-refractivity contribution in [3.05, 3.63) is 0 Å². The Hall–Kier alpha value is -0.160. The number of fused-ring (bicyclic) bond motifs is 2. The Balaban J connectivity index is 1.49. The van der Waals surface area contributed by atoms with Crippen LogP contribution in [0.4, 0.5) is 0 Å². The van der Waals surface area contributed by atoms with Crippen LogP contribution in [-0.4, -0.2) is 62.0 Å². The third-order valence-corrected chi connectivity index (χ3v) is 4.32. The number of morpholine rings is 2. The Morgan fingerprint density at radius 2 is 2.06 bits per heavy atom. The van der Waals surface area contributed by atoms with Crippen molar-refractivity contribution in [1.82, 2.24) is 10.2 Å². The summed E-state index contributed by atoms with van der Waals surface area (Å²) < 4.78 is 11.4. The van der Waals surface area contributed by atoms with E-state index in [0.717, 1.165) is 32.8 Å². The zero-order valence-corrected chi connectivity index (χ0v) is 10.7. The molecule has 3 saturated heterocycles. The third kappa shape index (κ3) is 2.81. The van der Waals surface area contributed by atoms with E-state index in [0.29, 0.717) is 24.3 Å². The van der Waals surface area contributed by atoms with Gasteiger partial charge in [-0.1, -0.05) is 0 Å². The van der Waals surface area contributed by atoms with Gasteiger partial charge in [0.1, 0.15) is 0 Å². The van der Waals surface area contributed by atoms with Gasteiger partial charge in [0.25, 0.3) is 0 Å². The minimum Gasteiger partial charge on any atom is -0.379 e. The SMILES string of the molecule is CC(CC1COCCN1)N1CC2CCC(C1)O2. The number of ether oxygens (including phenoxy) is 2. The molecule has 0 aromatic rings. The van der Waals surface area contributed by atoms with E-state index in [1.807, 2.05) is 0 Å². The average molecular weight is 240 g/mol. The zero-order chi connectivity index (χ0) is 11.7. The highest BCUT2D eigenvalue weighted by Crippen LogP contribution is 2.28. The van der Waals surface area contributed by atoms with E-state index >= 15 is 0 Å². The number of hydrogen-bond acceptors (Lipinski definition) is 4. The van der Waals surface area contributed by atoms with Crippen molar-refractivity contribution in [2.24, 2.45) is 0 Å². The van der Waals surface area contributed by atoms with Crippen molar-refractivity contribution >= 4 is 0 Å². The standard InChI is InChI=1S/C13H24N2O2/c1-10(6-11-9-16-5-4-14-11)15-7-12-2-3-13(8-15)17-12/h10-14H,2-9H2,1H3. The Kier molecular flexibility index (Phi) is 3.66. The van der Waals surface area contributed by atoms with Crippen LogP contribution in [0.15, 0.2) is 0 Å². The molecule has 0 aromatic carbocycles. The Morgan fingerprint density at radius 3 is 2.71 bits per heavy atom. The minimum absolute atomic E-state index is 0.506. The van der Waals surface area contributed by atoms with Gasteiger partial charge < -0.3 is 14.8 Å². The Bertz CT molecular complexity index is 244. The molecule has 4 heteroatoms. The normalized spacial score (nSPS) is 40.4. The molecule has 3 fully saturated rings. The molecule has 0 saturated carbocycles. The molecule has 0 aliphatic carbocycles. The average Bonchev–Trinajstić information content (AvgIpc) is 2.69. The summed E-state index contributed by atoms with van der Waals surface area (Å²) in [7, 11) is 0. The Morgan fingerprint density at radius 1 is 1.29 bits per heavy atom. The molecule has 3 heterocycles. The van der Waals surface area contributed by atoms with Gasteiger partial charge in [-0.05, 0) is 26.2 Å². The van der Waals surface area contributed by atoms with Gasteiger partial charge in [-0.2, -0.15) is 0 Å². The predicted molar refractivity (Wildman–Crippen MR) is 66.2 cm³/mol. The van der Waals surface area contributed by atoms with Crippen molar-refractivity contribution in [2.75, 3.05) is 32.8 Å². The van der Waals surface area contributed by atoms with Gasteiger partial charge in [-0.25, -0.2) is 0 Å². The fourth-order valence-corrected chi connectivity index (χ4v) is 3.34. The van der Waals surface area contributed by atoms with E-state index in [1.54, 1.807) is 0 Å². The third-order valence-electron chi connectivity index (χ3n) is 4.32. The summed E-state index contributed by atoms with van der Waals surface area (Å²) in [5.41, 5.74) is 0. The molecule has 98 valence electrons. The first-order valence-corrected chi connectivity index (χ1v) is 7.02. The molecular formula is C13H24N2O2. The van der Waals surface area contributed by atoms with E-state index in [1.165, 1.54) is 19.3 Å². The lowest BCUT2D eigenvalue weighted by Crippen LogP contribution is -2.50. The van der Waals surface area contributed by atoms with E-state index in [9.17, 15) is 0 Å². The first-order valence-electron chi connectivity index (χ1n) is 7.02. The molecule has 3 aliphatic heterocycles. The summed E-state index contributed by atoms with van der Waals surface area (Å²) in [4.78, 5) is 2.61. The molecule has 0 aromatic heterocycles. The highest BCUT2D eigenvalue weighted by molar-refractivity contribution is 4.88. The summed E-state index contributed by atoms with van der Waals surface area (Å²) in [6.07, 6.45) is 4.73. The number of rotatable bonds is 3. The quantitative estimate of drug-likeness (QED) is 0.784. The topological polar surface area (TPSA) is 33.7 Å². The lowest BCUT2D eigenvalue weighted by atomic mass is 10.1. The van der Waals surface area contributed by atoms with Crippen LogP contribution in [0, 0.1) is 0 Å². The molecule has 4 unspecified atom stereocenters. The fourth-order valence-electron chi connectivity index (χ4n) is 3.34. The van der Waals surface area contributed by atoms with E-state index in [-0.39, 0.29) is 0 Å². The largest absolute Gasteiger partial charge is 0.379 e. The second-order valence-electron chi connectivity index (χ2n) is 5.72. The first-order chi connectivity index (χ1) is 8.31. The van der Waals surface area contributed by atoms with Crippen LogP contribution in [0.3, 0.4) is 0 Å². The minimum atomic E-state index is 0.506. The molecular weight excluding hydrogens is 216 g/mol. The van der Waals surface area contributed by atoms with Crippen LogP contribution in [0.5, 0.6) is 0 Å². The molecule has 2 bridgehead atoms. The number of likely N-dealkylation sites (tertiary alicyclic amines) is 1. The van der Waals surface area contributed by atoms with Crippen molar-refractivity contribution in [1.29, 1.82) is 0 Å². The molecule has 4 atom stereocenters. The van der Waals surface area contributed by atoms with E-state index in [2.05, 4.69) is 17.1 Å². The van der Waals surface area contributed by atoms with Crippen molar-refractivity contribution in [2.45, 2.75) is 50.5 Å². The van der Waals surface area contributed by atoms with Crippen LogP contribution in [0.1, 0.15) is 26.2 Å². The van der Waals surface area contributed by atoms with Gasteiger partial charge in [-0.3, -0.25) is 4.90 Å². The maximum Gasteiger partial charge on any atom is 0.0707 e. The van der Waals surface area contributed by atoms with Gasteiger partial charge in [0.15, 0.2) is 0 Å². The molecule has 17 heavy (non-hydrogen) atoms. The molecule has 3 rings (SSSR count). The summed E-state index contributed by atoms with van der Waals surface area (Å²) in [6, 6.07) is 1.18. The maximum atomic E-state index is 5.89. The lowest BCUT2D eigenvalue weighted by Gasteiger charge is -2.38. The summed E-state index contributed by atoms with van der Waals surface area (Å²) in [5.74, 6) is 0. The predicted octanol–water partition coefficient (Wildman–Crippen LogP) is 0.617. The smallest absolute Gasteiger partial charge is 0.0707 e. The number of nitrogens with zero attached hydrogens (tertiary/aromatic N) is 1. The van der Waals surface area contributed by atoms with Crippen molar-refractivity contribution in [3.63, 3.8) is 0 Å². The maximum absolute atomic E-state index is 5.89. The highest BCUT2D eigenvalue weighted by Gasteiger charge is 2.35. The van der Waals surface area contributed by atoms with Gasteiger partial charge in [0.05, 0.1) is 25.4 Å². The molecule has 4 nitrogen and oxygen atoms in total. The van der Waals surface area contributed by atoms with Crippen molar-refractivity contribution in [3.8, 4) is 0 Å². The lowest BCUT2D eigenvalue weighted by molar-refractivity contribution is -0.0543. The van der Waals surface area contributed by atoms with Crippen LogP contribution >= 0.6 is 0 Å². The van der Waals surface area contributed by atoms with Gasteiger partial charge in [0.2, 0.25) is 0 Å². The van der Waals surface area contributed by atoms with Gasteiger partial charge in [-0.15, -0.1) is 0 Å². The summed E-state index contributed by atoms with van der Waals surface area (Å²) >= 11 is 0. The molecule has 0 spiro atoms.